The second-order valence-electron chi connectivity index (χ2n) is 8.29. The lowest BCUT2D eigenvalue weighted by atomic mass is 10.1. The molecule has 0 aliphatic rings. The molecule has 0 aliphatic carbocycles. The fourth-order valence-corrected chi connectivity index (χ4v) is 4.99. The van der Waals surface area contributed by atoms with Crippen molar-refractivity contribution in [1.82, 2.24) is 19.3 Å². The Morgan fingerprint density at radius 1 is 1.00 bits per heavy atom. The van der Waals surface area contributed by atoms with Crippen molar-refractivity contribution in [2.75, 3.05) is 5.75 Å². The minimum Gasteiger partial charge on any atom is -0.327 e. The van der Waals surface area contributed by atoms with Gasteiger partial charge in [0.25, 0.3) is 0 Å². The standard InChI is InChI=1S/C28H23N5O2S/c1-3-36(34,35)24-15-13-20(14-16-24)27-22(19-33(31-27)23-9-5-4-6-10-23)17-21(18-29)28-30-25-11-7-8-12-26(25)32(28)2/h4-17,19H,3H2,1-2H3/b21-17+. The van der Waals surface area contributed by atoms with Crippen LogP contribution >= 0.6 is 0 Å². The summed E-state index contributed by atoms with van der Waals surface area (Å²) in [7, 11) is -1.43. The number of imidazole rings is 1. The zero-order chi connectivity index (χ0) is 25.3. The quantitative estimate of drug-likeness (QED) is 0.300. The summed E-state index contributed by atoms with van der Waals surface area (Å²) in [6, 6.07) is 26.4. The molecule has 0 radical (unpaired) electrons. The average Bonchev–Trinajstić information content (AvgIpc) is 3.49. The van der Waals surface area contributed by atoms with E-state index in [-0.39, 0.29) is 10.6 Å². The molecule has 5 rings (SSSR count). The van der Waals surface area contributed by atoms with E-state index < -0.39 is 9.84 Å². The first-order valence-electron chi connectivity index (χ1n) is 11.4. The number of hydrogen-bond acceptors (Lipinski definition) is 5. The third-order valence-electron chi connectivity index (χ3n) is 6.08. The maximum Gasteiger partial charge on any atom is 0.178 e. The normalized spacial score (nSPS) is 12.1. The summed E-state index contributed by atoms with van der Waals surface area (Å²) < 4.78 is 28.2. The van der Waals surface area contributed by atoms with Crippen LogP contribution in [-0.4, -0.2) is 33.5 Å². The lowest BCUT2D eigenvalue weighted by Crippen LogP contribution is -2.03. The summed E-state index contributed by atoms with van der Waals surface area (Å²) in [5, 5.41) is 14.9. The highest BCUT2D eigenvalue weighted by Crippen LogP contribution is 2.29. The molecule has 0 saturated carbocycles. The number of rotatable bonds is 6. The molecule has 2 aromatic heterocycles. The van der Waals surface area contributed by atoms with Crippen LogP contribution in [0.1, 0.15) is 18.3 Å². The molecule has 178 valence electrons. The van der Waals surface area contributed by atoms with Gasteiger partial charge in [-0.05, 0) is 42.5 Å². The molecule has 0 aliphatic heterocycles. The maximum atomic E-state index is 12.3. The van der Waals surface area contributed by atoms with E-state index >= 15 is 0 Å². The van der Waals surface area contributed by atoms with Gasteiger partial charge in [-0.1, -0.05) is 49.4 Å². The summed E-state index contributed by atoms with van der Waals surface area (Å²) >= 11 is 0. The Labute approximate surface area is 209 Å². The zero-order valence-electron chi connectivity index (χ0n) is 19.8. The summed E-state index contributed by atoms with van der Waals surface area (Å²) in [5.41, 5.74) is 5.09. The van der Waals surface area contributed by atoms with Crippen molar-refractivity contribution in [2.45, 2.75) is 11.8 Å². The first kappa shape index (κ1) is 23.3. The Hall–Kier alpha value is -4.48. The molecule has 2 heterocycles. The van der Waals surface area contributed by atoms with Crippen molar-refractivity contribution in [3.8, 4) is 23.0 Å². The molecular weight excluding hydrogens is 470 g/mol. The summed E-state index contributed by atoms with van der Waals surface area (Å²) in [4.78, 5) is 4.94. The van der Waals surface area contributed by atoms with Crippen molar-refractivity contribution in [2.24, 2.45) is 7.05 Å². The fourth-order valence-electron chi connectivity index (χ4n) is 4.11. The van der Waals surface area contributed by atoms with E-state index in [1.165, 1.54) is 0 Å². The van der Waals surface area contributed by atoms with Crippen molar-refractivity contribution in [1.29, 1.82) is 5.26 Å². The molecule has 36 heavy (non-hydrogen) atoms. The van der Waals surface area contributed by atoms with Gasteiger partial charge in [-0.3, -0.25) is 0 Å². The van der Waals surface area contributed by atoms with E-state index in [1.54, 1.807) is 41.9 Å². The largest absolute Gasteiger partial charge is 0.327 e. The maximum absolute atomic E-state index is 12.3. The van der Waals surface area contributed by atoms with Gasteiger partial charge in [-0.15, -0.1) is 0 Å². The minimum absolute atomic E-state index is 0.0342. The van der Waals surface area contributed by atoms with Gasteiger partial charge in [0, 0.05) is 24.4 Å². The number of nitrogens with zero attached hydrogens (tertiary/aromatic N) is 5. The highest BCUT2D eigenvalue weighted by molar-refractivity contribution is 7.91. The molecule has 0 saturated heterocycles. The number of hydrogen-bond donors (Lipinski definition) is 0. The summed E-state index contributed by atoms with van der Waals surface area (Å²) in [5.74, 6) is 0.591. The van der Waals surface area contributed by atoms with Gasteiger partial charge in [-0.2, -0.15) is 10.4 Å². The Bertz CT molecular complexity index is 1740. The second kappa shape index (κ2) is 9.29. The van der Waals surface area contributed by atoms with Crippen LogP contribution in [0, 0.1) is 11.3 Å². The Morgan fingerprint density at radius 2 is 1.69 bits per heavy atom. The number of benzene rings is 3. The molecule has 5 aromatic rings. The van der Waals surface area contributed by atoms with E-state index in [0.29, 0.717) is 22.7 Å². The van der Waals surface area contributed by atoms with E-state index in [0.717, 1.165) is 22.3 Å². The molecule has 3 aromatic carbocycles. The number of aromatic nitrogens is 4. The Morgan fingerprint density at radius 3 is 2.36 bits per heavy atom. The molecule has 7 nitrogen and oxygen atoms in total. The van der Waals surface area contributed by atoms with Gasteiger partial charge < -0.3 is 4.57 Å². The molecular formula is C28H23N5O2S. The molecule has 0 unspecified atom stereocenters. The van der Waals surface area contributed by atoms with Gasteiger partial charge in [0.05, 0.1) is 38.6 Å². The van der Waals surface area contributed by atoms with E-state index in [9.17, 15) is 13.7 Å². The molecule has 0 amide bonds. The molecule has 0 N–H and O–H groups in total. The van der Waals surface area contributed by atoms with Crippen LogP contribution in [0.3, 0.4) is 0 Å². The monoisotopic (exact) mass is 493 g/mol. The van der Waals surface area contributed by atoms with Gasteiger partial charge in [-0.25, -0.2) is 18.1 Å². The average molecular weight is 494 g/mol. The summed E-state index contributed by atoms with van der Waals surface area (Å²) in [6.07, 6.45) is 3.64. The summed E-state index contributed by atoms with van der Waals surface area (Å²) in [6.45, 7) is 1.62. The van der Waals surface area contributed by atoms with Gasteiger partial charge in [0.15, 0.2) is 15.7 Å². The molecule has 0 spiro atoms. The SMILES string of the molecule is CCS(=O)(=O)c1ccc(-c2nn(-c3ccccc3)cc2/C=C(\C#N)c2nc3ccccc3n2C)cc1. The van der Waals surface area contributed by atoms with E-state index in [1.807, 2.05) is 72.4 Å². The van der Waals surface area contributed by atoms with Crippen LogP contribution in [0.15, 0.2) is 90.0 Å². The van der Waals surface area contributed by atoms with Gasteiger partial charge in [0.2, 0.25) is 0 Å². The van der Waals surface area contributed by atoms with Crippen molar-refractivity contribution < 1.29 is 8.42 Å². The number of aryl methyl sites for hydroxylation is 1. The molecule has 0 atom stereocenters. The zero-order valence-corrected chi connectivity index (χ0v) is 20.6. The minimum atomic E-state index is -3.31. The number of allylic oxidation sites excluding steroid dienone is 1. The van der Waals surface area contributed by atoms with Gasteiger partial charge in [0.1, 0.15) is 6.07 Å². The van der Waals surface area contributed by atoms with Crippen LogP contribution in [0.25, 0.3) is 39.6 Å². The van der Waals surface area contributed by atoms with Crippen LogP contribution in [0.4, 0.5) is 0 Å². The first-order chi connectivity index (χ1) is 17.4. The van der Waals surface area contributed by atoms with E-state index in [4.69, 9.17) is 5.10 Å². The number of fused-ring (bicyclic) bond motifs is 1. The number of nitriles is 1. The van der Waals surface area contributed by atoms with Crippen LogP contribution in [0.2, 0.25) is 0 Å². The topological polar surface area (TPSA) is 93.6 Å². The Balaban J connectivity index is 1.67. The third kappa shape index (κ3) is 4.21. The molecule has 0 bridgehead atoms. The van der Waals surface area contributed by atoms with Crippen LogP contribution < -0.4 is 0 Å². The van der Waals surface area contributed by atoms with Gasteiger partial charge >= 0.3 is 0 Å². The number of para-hydroxylation sites is 3. The highest BCUT2D eigenvalue weighted by atomic mass is 32.2. The third-order valence-corrected chi connectivity index (χ3v) is 7.83. The van der Waals surface area contributed by atoms with E-state index in [2.05, 4.69) is 11.1 Å². The predicted octanol–water partition coefficient (Wildman–Crippen LogP) is 5.28. The molecule has 8 heteroatoms. The molecule has 0 fully saturated rings. The van der Waals surface area contributed by atoms with Crippen molar-refractivity contribution in [3.05, 3.63) is 96.4 Å². The lowest BCUT2D eigenvalue weighted by molar-refractivity contribution is 0.597. The lowest BCUT2D eigenvalue weighted by Gasteiger charge is -2.04. The van der Waals surface area contributed by atoms with Crippen LogP contribution in [-0.2, 0) is 16.9 Å². The smallest absolute Gasteiger partial charge is 0.178 e. The van der Waals surface area contributed by atoms with Crippen LogP contribution in [0.5, 0.6) is 0 Å². The van der Waals surface area contributed by atoms with Crippen molar-refractivity contribution >= 4 is 32.5 Å². The predicted molar refractivity (Wildman–Crippen MR) is 141 cm³/mol. The second-order valence-corrected chi connectivity index (χ2v) is 10.6. The van der Waals surface area contributed by atoms with Crippen molar-refractivity contribution in [3.63, 3.8) is 0 Å². The fraction of sp³-hybridized carbons (Fsp3) is 0.107. The first-order valence-corrected chi connectivity index (χ1v) is 13.1. The highest BCUT2D eigenvalue weighted by Gasteiger charge is 2.17. The number of sulfone groups is 1. The Kier molecular flexibility index (Phi) is 6.00.